The zero-order valence-corrected chi connectivity index (χ0v) is 10.7. The molecule has 0 aliphatic heterocycles. The topological polar surface area (TPSA) is 59.6 Å². The molecule has 0 saturated carbocycles. The molecule has 1 aliphatic carbocycles. The van der Waals surface area contributed by atoms with E-state index in [1.807, 2.05) is 31.4 Å². The van der Waals surface area contributed by atoms with Crippen LogP contribution in [0.1, 0.15) is 23.1 Å². The van der Waals surface area contributed by atoms with Crippen LogP contribution >= 0.6 is 0 Å². The van der Waals surface area contributed by atoms with Crippen molar-refractivity contribution in [3.05, 3.63) is 47.3 Å². The summed E-state index contributed by atoms with van der Waals surface area (Å²) in [4.78, 5) is 0. The molecule has 0 bridgehead atoms. The average molecular weight is 257 g/mol. The van der Waals surface area contributed by atoms with Crippen molar-refractivity contribution in [3.63, 3.8) is 0 Å². The first-order chi connectivity index (χ1) is 9.28. The van der Waals surface area contributed by atoms with Gasteiger partial charge in [-0.25, -0.2) is 0 Å². The Balaban J connectivity index is 1.81. The highest BCUT2D eigenvalue weighted by atomic mass is 16.5. The summed E-state index contributed by atoms with van der Waals surface area (Å²) in [5.74, 6) is 0.861. The summed E-state index contributed by atoms with van der Waals surface area (Å²) in [7, 11) is 1.88. The summed E-state index contributed by atoms with van der Waals surface area (Å²) in [5.41, 5.74) is 3.89. The van der Waals surface area contributed by atoms with Crippen molar-refractivity contribution >= 4 is 5.71 Å². The van der Waals surface area contributed by atoms with E-state index in [1.165, 1.54) is 0 Å². The molecule has 0 amide bonds. The van der Waals surface area contributed by atoms with Crippen LogP contribution < -0.4 is 4.74 Å². The predicted molar refractivity (Wildman–Crippen MR) is 70.6 cm³/mol. The Labute approximate surface area is 111 Å². The van der Waals surface area contributed by atoms with Gasteiger partial charge >= 0.3 is 0 Å². The molecule has 0 spiro atoms. The van der Waals surface area contributed by atoms with Gasteiger partial charge in [-0.05, 0) is 18.9 Å². The number of rotatable bonds is 3. The van der Waals surface area contributed by atoms with Crippen LogP contribution in [-0.4, -0.2) is 20.7 Å². The molecular formula is C14H15N3O2. The van der Waals surface area contributed by atoms with Crippen molar-refractivity contribution in [2.75, 3.05) is 0 Å². The van der Waals surface area contributed by atoms with Gasteiger partial charge in [0.25, 0.3) is 0 Å². The van der Waals surface area contributed by atoms with E-state index in [4.69, 9.17) is 9.94 Å². The van der Waals surface area contributed by atoms with Gasteiger partial charge in [0.05, 0.1) is 11.9 Å². The number of oxime groups is 1. The van der Waals surface area contributed by atoms with Crippen LogP contribution in [0.4, 0.5) is 0 Å². The Kier molecular flexibility index (Phi) is 2.95. The second-order valence-electron chi connectivity index (χ2n) is 4.64. The average Bonchev–Trinajstić information content (AvgIpc) is 3.02. The van der Waals surface area contributed by atoms with Crippen molar-refractivity contribution in [1.29, 1.82) is 0 Å². The standard InChI is InChI=1S/C14H15N3O2/c1-17-8-10(7-15-17)9-19-14-4-2-3-11-12(14)5-6-13(11)16-18/h2-4,7-8,18H,5-6,9H2,1H3/b16-13+. The zero-order valence-electron chi connectivity index (χ0n) is 10.7. The van der Waals surface area contributed by atoms with E-state index < -0.39 is 0 Å². The maximum atomic E-state index is 8.95. The van der Waals surface area contributed by atoms with Gasteiger partial charge in [0.15, 0.2) is 0 Å². The Hall–Kier alpha value is -2.30. The molecule has 0 unspecified atom stereocenters. The van der Waals surface area contributed by atoms with Crippen LogP contribution in [0.5, 0.6) is 5.75 Å². The normalized spacial score (nSPS) is 15.7. The van der Waals surface area contributed by atoms with Crippen molar-refractivity contribution in [2.45, 2.75) is 19.4 Å². The lowest BCUT2D eigenvalue weighted by molar-refractivity contribution is 0.303. The largest absolute Gasteiger partial charge is 0.488 e. The zero-order chi connectivity index (χ0) is 13.2. The Morgan fingerprint density at radius 3 is 3.05 bits per heavy atom. The molecule has 19 heavy (non-hydrogen) atoms. The number of aromatic nitrogens is 2. The number of hydrogen-bond donors (Lipinski definition) is 1. The number of benzene rings is 1. The summed E-state index contributed by atoms with van der Waals surface area (Å²) in [6.45, 7) is 0.496. The maximum Gasteiger partial charge on any atom is 0.123 e. The summed E-state index contributed by atoms with van der Waals surface area (Å²) < 4.78 is 7.61. The van der Waals surface area contributed by atoms with E-state index >= 15 is 0 Å². The van der Waals surface area contributed by atoms with Crippen LogP contribution in [0.25, 0.3) is 0 Å². The second kappa shape index (κ2) is 4.76. The monoisotopic (exact) mass is 257 g/mol. The Bertz CT molecular complexity index is 631. The van der Waals surface area contributed by atoms with Crippen LogP contribution in [0, 0.1) is 0 Å². The Morgan fingerprint density at radius 2 is 2.32 bits per heavy atom. The molecule has 0 atom stereocenters. The molecule has 1 aliphatic rings. The SMILES string of the molecule is Cn1cc(COc2cccc3c2CC/C3=N\O)cn1. The number of ether oxygens (including phenoxy) is 1. The molecule has 3 rings (SSSR count). The quantitative estimate of drug-likeness (QED) is 0.677. The fourth-order valence-electron chi connectivity index (χ4n) is 2.42. The lowest BCUT2D eigenvalue weighted by Crippen LogP contribution is -1.99. The van der Waals surface area contributed by atoms with Gasteiger partial charge in [0, 0.05) is 29.9 Å². The summed E-state index contributed by atoms with van der Waals surface area (Å²) in [6.07, 6.45) is 5.35. The molecular weight excluding hydrogens is 242 g/mol. The van der Waals surface area contributed by atoms with Gasteiger partial charge in [-0.1, -0.05) is 17.3 Å². The van der Waals surface area contributed by atoms with Crippen molar-refractivity contribution in [2.24, 2.45) is 12.2 Å². The van der Waals surface area contributed by atoms with Crippen molar-refractivity contribution in [3.8, 4) is 5.75 Å². The molecule has 1 N–H and O–H groups in total. The van der Waals surface area contributed by atoms with E-state index in [2.05, 4.69) is 10.3 Å². The van der Waals surface area contributed by atoms with Gasteiger partial charge < -0.3 is 9.94 Å². The summed E-state index contributed by atoms with van der Waals surface area (Å²) in [6, 6.07) is 5.84. The van der Waals surface area contributed by atoms with E-state index in [0.717, 1.165) is 41.0 Å². The third kappa shape index (κ3) is 2.19. The molecule has 1 heterocycles. The van der Waals surface area contributed by atoms with Crippen LogP contribution in [0.15, 0.2) is 35.7 Å². The van der Waals surface area contributed by atoms with Gasteiger partial charge in [-0.15, -0.1) is 0 Å². The van der Waals surface area contributed by atoms with Crippen molar-refractivity contribution in [1.82, 2.24) is 9.78 Å². The minimum absolute atomic E-state index is 0.496. The second-order valence-corrected chi connectivity index (χ2v) is 4.64. The number of nitrogens with zero attached hydrogens (tertiary/aromatic N) is 3. The fourth-order valence-corrected chi connectivity index (χ4v) is 2.42. The van der Waals surface area contributed by atoms with Crippen molar-refractivity contribution < 1.29 is 9.94 Å². The highest BCUT2D eigenvalue weighted by molar-refractivity contribution is 6.04. The highest BCUT2D eigenvalue weighted by Crippen LogP contribution is 2.31. The van der Waals surface area contributed by atoms with E-state index in [1.54, 1.807) is 10.9 Å². The number of hydrogen-bond acceptors (Lipinski definition) is 4. The third-order valence-electron chi connectivity index (χ3n) is 3.33. The molecule has 5 nitrogen and oxygen atoms in total. The summed E-state index contributed by atoms with van der Waals surface area (Å²) in [5, 5.41) is 16.4. The number of aryl methyl sites for hydroxylation is 1. The molecule has 0 fully saturated rings. The first-order valence-electron chi connectivity index (χ1n) is 6.21. The van der Waals surface area contributed by atoms with E-state index in [-0.39, 0.29) is 0 Å². The Morgan fingerprint density at radius 1 is 1.42 bits per heavy atom. The molecule has 1 aromatic heterocycles. The van der Waals surface area contributed by atoms with Crippen LogP contribution in [0.2, 0.25) is 0 Å². The van der Waals surface area contributed by atoms with Gasteiger partial charge in [0.1, 0.15) is 12.4 Å². The van der Waals surface area contributed by atoms with Crippen LogP contribution in [-0.2, 0) is 20.1 Å². The minimum atomic E-state index is 0.496. The molecule has 0 saturated heterocycles. The van der Waals surface area contributed by atoms with E-state index in [0.29, 0.717) is 6.61 Å². The fraction of sp³-hybridized carbons (Fsp3) is 0.286. The highest BCUT2D eigenvalue weighted by Gasteiger charge is 2.21. The van der Waals surface area contributed by atoms with E-state index in [9.17, 15) is 0 Å². The molecule has 0 radical (unpaired) electrons. The lowest BCUT2D eigenvalue weighted by atomic mass is 10.1. The van der Waals surface area contributed by atoms with Gasteiger partial charge in [0.2, 0.25) is 0 Å². The molecule has 2 aromatic rings. The maximum absolute atomic E-state index is 8.95. The van der Waals surface area contributed by atoms with Crippen LogP contribution in [0.3, 0.4) is 0 Å². The van der Waals surface area contributed by atoms with Gasteiger partial charge in [-0.3, -0.25) is 4.68 Å². The first kappa shape index (κ1) is 11.8. The molecule has 5 heteroatoms. The molecule has 98 valence electrons. The number of fused-ring (bicyclic) bond motifs is 1. The third-order valence-corrected chi connectivity index (χ3v) is 3.33. The smallest absolute Gasteiger partial charge is 0.123 e. The summed E-state index contributed by atoms with van der Waals surface area (Å²) >= 11 is 0. The molecule has 1 aromatic carbocycles. The lowest BCUT2D eigenvalue weighted by Gasteiger charge is -2.09. The predicted octanol–water partition coefficient (Wildman–Crippen LogP) is 2.12. The van der Waals surface area contributed by atoms with Gasteiger partial charge in [-0.2, -0.15) is 5.10 Å². The first-order valence-corrected chi connectivity index (χ1v) is 6.21. The minimum Gasteiger partial charge on any atom is -0.488 e.